The first kappa shape index (κ1) is 22.8. The number of fused-ring (bicyclic) bond motifs is 1. The molecule has 0 atom stereocenters. The van der Waals surface area contributed by atoms with E-state index in [9.17, 15) is 0 Å². The van der Waals surface area contributed by atoms with Crippen LogP contribution < -0.4 is 24.3 Å². The molecule has 0 saturated heterocycles. The standard InChI is InChI=1S/C24H29N5O3S/c1-24(2,3)21-16(13-14-9-12-18(33-14)28(4)5)23-26-25-22(29(23)27-21)15-10-11-17(30-6)20(32-8)19(15)31-7/h9-13H,1-8H3. The van der Waals surface area contributed by atoms with Crippen molar-refractivity contribution in [3.8, 4) is 28.6 Å². The Morgan fingerprint density at radius 2 is 1.67 bits per heavy atom. The van der Waals surface area contributed by atoms with Gasteiger partial charge < -0.3 is 19.1 Å². The molecule has 1 aromatic carbocycles. The van der Waals surface area contributed by atoms with Crippen LogP contribution in [-0.2, 0) is 5.41 Å². The summed E-state index contributed by atoms with van der Waals surface area (Å²) in [4.78, 5) is 3.23. The SMILES string of the molecule is COc1ccc(-c2nnc3c(=Cc4ccc(N(C)C)s4)c(C(C)(C)C)nn23)c(OC)c1OC. The predicted octanol–water partition coefficient (Wildman–Crippen LogP) is 3.79. The van der Waals surface area contributed by atoms with E-state index in [1.807, 2.05) is 26.2 Å². The Bertz CT molecular complexity index is 1350. The number of aromatic nitrogens is 4. The third kappa shape index (κ3) is 3.97. The van der Waals surface area contributed by atoms with E-state index in [1.54, 1.807) is 37.2 Å². The molecule has 0 bridgehead atoms. The van der Waals surface area contributed by atoms with Crippen molar-refractivity contribution in [1.82, 2.24) is 19.8 Å². The molecule has 4 aromatic rings. The Morgan fingerprint density at radius 3 is 2.24 bits per heavy atom. The largest absolute Gasteiger partial charge is 0.493 e. The number of nitrogens with zero attached hydrogens (tertiary/aromatic N) is 5. The van der Waals surface area contributed by atoms with Crippen LogP contribution in [0.25, 0.3) is 23.1 Å². The van der Waals surface area contributed by atoms with Gasteiger partial charge in [0.15, 0.2) is 23.0 Å². The molecule has 33 heavy (non-hydrogen) atoms. The number of benzene rings is 1. The van der Waals surface area contributed by atoms with Crippen LogP contribution in [0.5, 0.6) is 17.2 Å². The van der Waals surface area contributed by atoms with Crippen molar-refractivity contribution in [2.75, 3.05) is 40.3 Å². The van der Waals surface area contributed by atoms with E-state index < -0.39 is 0 Å². The third-order valence-electron chi connectivity index (χ3n) is 5.33. The molecule has 0 N–H and O–H groups in total. The van der Waals surface area contributed by atoms with Gasteiger partial charge >= 0.3 is 0 Å². The number of hydrogen-bond donors (Lipinski definition) is 0. The zero-order valence-electron chi connectivity index (χ0n) is 20.3. The average molecular weight is 468 g/mol. The molecule has 0 aliphatic heterocycles. The molecule has 0 fully saturated rings. The molecule has 0 radical (unpaired) electrons. The highest BCUT2D eigenvalue weighted by molar-refractivity contribution is 7.16. The number of thiophene rings is 1. The molecule has 9 heteroatoms. The van der Waals surface area contributed by atoms with Gasteiger partial charge in [-0.25, -0.2) is 0 Å². The summed E-state index contributed by atoms with van der Waals surface area (Å²) in [7, 11) is 8.85. The highest BCUT2D eigenvalue weighted by Crippen LogP contribution is 2.43. The monoisotopic (exact) mass is 467 g/mol. The Balaban J connectivity index is 1.97. The summed E-state index contributed by atoms with van der Waals surface area (Å²) in [5.74, 6) is 2.17. The second-order valence-corrected chi connectivity index (χ2v) is 9.96. The third-order valence-corrected chi connectivity index (χ3v) is 6.53. The maximum Gasteiger partial charge on any atom is 0.204 e. The fourth-order valence-corrected chi connectivity index (χ4v) is 4.61. The first-order chi connectivity index (χ1) is 15.7. The van der Waals surface area contributed by atoms with Gasteiger partial charge in [0.2, 0.25) is 5.75 Å². The molecule has 0 aliphatic carbocycles. The van der Waals surface area contributed by atoms with E-state index in [4.69, 9.17) is 19.3 Å². The van der Waals surface area contributed by atoms with Gasteiger partial charge in [-0.15, -0.1) is 21.5 Å². The lowest BCUT2D eigenvalue weighted by Crippen LogP contribution is -2.22. The molecule has 0 unspecified atom stereocenters. The summed E-state index contributed by atoms with van der Waals surface area (Å²) in [5, 5.41) is 16.1. The lowest BCUT2D eigenvalue weighted by molar-refractivity contribution is 0.325. The minimum atomic E-state index is -0.187. The maximum absolute atomic E-state index is 5.68. The number of methoxy groups -OCH3 is 3. The second kappa shape index (κ2) is 8.55. The fourth-order valence-electron chi connectivity index (χ4n) is 3.74. The Labute approximate surface area is 197 Å². The normalized spacial score (nSPS) is 12.4. The number of anilines is 1. The lowest BCUT2D eigenvalue weighted by atomic mass is 9.91. The summed E-state index contributed by atoms with van der Waals surface area (Å²) in [5.41, 5.74) is 2.19. The molecule has 0 amide bonds. The van der Waals surface area contributed by atoms with Gasteiger partial charge in [0.25, 0.3) is 0 Å². The van der Waals surface area contributed by atoms with Gasteiger partial charge in [0, 0.05) is 29.6 Å². The summed E-state index contributed by atoms with van der Waals surface area (Å²) in [6.07, 6.45) is 2.14. The quantitative estimate of drug-likeness (QED) is 0.427. The van der Waals surface area contributed by atoms with Crippen LogP contribution >= 0.6 is 11.3 Å². The predicted molar refractivity (Wildman–Crippen MR) is 132 cm³/mol. The maximum atomic E-state index is 5.68. The molecule has 4 rings (SSSR count). The van der Waals surface area contributed by atoms with Crippen molar-refractivity contribution in [1.29, 1.82) is 0 Å². The van der Waals surface area contributed by atoms with Crippen LogP contribution in [-0.4, -0.2) is 55.2 Å². The van der Waals surface area contributed by atoms with Crippen molar-refractivity contribution in [3.05, 3.63) is 40.1 Å². The van der Waals surface area contributed by atoms with Gasteiger partial charge in [-0.05, 0) is 30.3 Å². The molecule has 0 spiro atoms. The molecule has 174 valence electrons. The minimum absolute atomic E-state index is 0.187. The Hall–Kier alpha value is -3.33. The highest BCUT2D eigenvalue weighted by Gasteiger charge is 2.26. The van der Waals surface area contributed by atoms with E-state index in [1.165, 1.54) is 5.00 Å². The minimum Gasteiger partial charge on any atom is -0.493 e. The van der Waals surface area contributed by atoms with E-state index in [0.717, 1.165) is 21.4 Å². The van der Waals surface area contributed by atoms with Crippen LogP contribution in [0.2, 0.25) is 0 Å². The van der Waals surface area contributed by atoms with Crippen LogP contribution in [0.1, 0.15) is 31.3 Å². The van der Waals surface area contributed by atoms with Crippen LogP contribution in [0.15, 0.2) is 24.3 Å². The summed E-state index contributed by atoms with van der Waals surface area (Å²) in [6, 6.07) is 7.94. The van der Waals surface area contributed by atoms with Crippen molar-refractivity contribution in [2.45, 2.75) is 26.2 Å². The van der Waals surface area contributed by atoms with Gasteiger partial charge in [-0.3, -0.25) is 0 Å². The van der Waals surface area contributed by atoms with Gasteiger partial charge in [0.05, 0.1) is 37.6 Å². The zero-order valence-corrected chi connectivity index (χ0v) is 21.1. The van der Waals surface area contributed by atoms with Crippen LogP contribution in [0.4, 0.5) is 5.00 Å². The van der Waals surface area contributed by atoms with E-state index in [-0.39, 0.29) is 5.41 Å². The van der Waals surface area contributed by atoms with Crippen LogP contribution in [0.3, 0.4) is 0 Å². The van der Waals surface area contributed by atoms with Crippen molar-refractivity contribution >= 4 is 28.1 Å². The molecule has 0 aliphatic rings. The van der Waals surface area contributed by atoms with Crippen LogP contribution in [0, 0.1) is 0 Å². The van der Waals surface area contributed by atoms with Crippen molar-refractivity contribution in [2.24, 2.45) is 0 Å². The van der Waals surface area contributed by atoms with Crippen molar-refractivity contribution in [3.63, 3.8) is 0 Å². The van der Waals surface area contributed by atoms with E-state index >= 15 is 0 Å². The topological polar surface area (TPSA) is 74.0 Å². The summed E-state index contributed by atoms with van der Waals surface area (Å²) < 4.78 is 18.4. The first-order valence-electron chi connectivity index (χ1n) is 10.5. The van der Waals surface area contributed by atoms with Crippen molar-refractivity contribution < 1.29 is 14.2 Å². The van der Waals surface area contributed by atoms with Gasteiger partial charge in [-0.2, -0.15) is 9.61 Å². The summed E-state index contributed by atoms with van der Waals surface area (Å²) in [6.45, 7) is 6.45. The Morgan fingerprint density at radius 1 is 0.939 bits per heavy atom. The number of ether oxygens (including phenoxy) is 3. The zero-order chi connectivity index (χ0) is 23.9. The Kier molecular flexibility index (Phi) is 5.92. The molecular weight excluding hydrogens is 438 g/mol. The van der Waals surface area contributed by atoms with E-state index in [2.05, 4.69) is 54.1 Å². The smallest absolute Gasteiger partial charge is 0.204 e. The molecule has 0 saturated carbocycles. The lowest BCUT2D eigenvalue weighted by Gasteiger charge is -2.15. The van der Waals surface area contributed by atoms with E-state index in [0.29, 0.717) is 28.7 Å². The second-order valence-electron chi connectivity index (χ2n) is 8.87. The first-order valence-corrected chi connectivity index (χ1v) is 11.3. The average Bonchev–Trinajstić information content (AvgIpc) is 3.48. The fraction of sp³-hybridized carbons (Fsp3) is 0.375. The van der Waals surface area contributed by atoms with Gasteiger partial charge in [0.1, 0.15) is 0 Å². The highest BCUT2D eigenvalue weighted by atomic mass is 32.1. The molecular formula is C24H29N5O3S. The number of hydrogen-bond acceptors (Lipinski definition) is 8. The molecule has 3 aromatic heterocycles. The van der Waals surface area contributed by atoms with Gasteiger partial charge in [-0.1, -0.05) is 20.8 Å². The number of rotatable bonds is 6. The molecule has 3 heterocycles. The molecule has 8 nitrogen and oxygen atoms in total. The summed E-state index contributed by atoms with van der Waals surface area (Å²) >= 11 is 1.72.